The molecule has 4 rings (SSSR count). The first-order valence-corrected chi connectivity index (χ1v) is 9.43. The molecule has 1 saturated carbocycles. The summed E-state index contributed by atoms with van der Waals surface area (Å²) in [5.41, 5.74) is 4.65. The summed E-state index contributed by atoms with van der Waals surface area (Å²) in [5.74, 6) is -0.512. The van der Waals surface area contributed by atoms with Crippen LogP contribution in [0.25, 0.3) is 11.0 Å². The van der Waals surface area contributed by atoms with Crippen LogP contribution in [0.4, 0.5) is 0 Å². The molecule has 9 heteroatoms. The van der Waals surface area contributed by atoms with Crippen molar-refractivity contribution in [3.8, 4) is 0 Å². The van der Waals surface area contributed by atoms with E-state index in [0.29, 0.717) is 22.5 Å². The van der Waals surface area contributed by atoms with Crippen molar-refractivity contribution in [2.45, 2.75) is 30.8 Å². The van der Waals surface area contributed by atoms with Gasteiger partial charge in [-0.15, -0.1) is 0 Å². The molecule has 0 aliphatic heterocycles. The lowest BCUT2D eigenvalue weighted by atomic mass is 9.92. The Morgan fingerprint density at radius 2 is 2.00 bits per heavy atom. The van der Waals surface area contributed by atoms with Crippen LogP contribution in [0.3, 0.4) is 0 Å². The van der Waals surface area contributed by atoms with E-state index in [2.05, 4.69) is 20.5 Å². The number of hydrogen-bond acceptors (Lipinski definition) is 6. The van der Waals surface area contributed by atoms with E-state index in [4.69, 9.17) is 11.6 Å². The number of nitrogens with zero attached hydrogens (tertiary/aromatic N) is 3. The van der Waals surface area contributed by atoms with Crippen LogP contribution in [-0.4, -0.2) is 49.1 Å². The van der Waals surface area contributed by atoms with Crippen LogP contribution in [0.5, 0.6) is 0 Å². The Balaban J connectivity index is 1.67. The Labute approximate surface area is 166 Å². The first-order chi connectivity index (χ1) is 13.5. The highest BCUT2D eigenvalue weighted by molar-refractivity contribution is 6.30. The second-order valence-electron chi connectivity index (χ2n) is 6.99. The number of hydrogen-bond donors (Lipinski definition) is 5. The van der Waals surface area contributed by atoms with Gasteiger partial charge in [-0.3, -0.25) is 0 Å². The van der Waals surface area contributed by atoms with E-state index in [1.54, 1.807) is 31.3 Å². The molecular weight excluding hydrogens is 382 g/mol. The second kappa shape index (κ2) is 7.56. The first-order valence-electron chi connectivity index (χ1n) is 9.05. The van der Waals surface area contributed by atoms with Crippen molar-refractivity contribution in [2.75, 3.05) is 7.05 Å². The molecule has 8 nitrogen and oxygen atoms in total. The molecule has 148 valence electrons. The summed E-state index contributed by atoms with van der Waals surface area (Å²) in [5, 5.41) is 37.6. The van der Waals surface area contributed by atoms with Crippen LogP contribution < -0.4 is 10.9 Å². The smallest absolute Gasteiger partial charge is 0.184 e. The van der Waals surface area contributed by atoms with Crippen LogP contribution in [0.2, 0.25) is 5.02 Å². The van der Waals surface area contributed by atoms with Crippen molar-refractivity contribution >= 4 is 22.6 Å². The predicted molar refractivity (Wildman–Crippen MR) is 104 cm³/mol. The zero-order valence-electron chi connectivity index (χ0n) is 15.2. The van der Waals surface area contributed by atoms with Gasteiger partial charge in [0.25, 0.3) is 0 Å². The lowest BCUT2D eigenvalue weighted by molar-refractivity contribution is -0.0264. The molecule has 0 radical (unpaired) electrons. The van der Waals surface area contributed by atoms with E-state index in [9.17, 15) is 15.3 Å². The molecule has 1 aliphatic carbocycles. The molecule has 0 saturated heterocycles. The van der Waals surface area contributed by atoms with Crippen molar-refractivity contribution in [3.05, 3.63) is 58.9 Å². The Morgan fingerprint density at radius 3 is 2.71 bits per heavy atom. The van der Waals surface area contributed by atoms with Gasteiger partial charge in [0.2, 0.25) is 0 Å². The highest BCUT2D eigenvalue weighted by Crippen LogP contribution is 2.42. The summed E-state index contributed by atoms with van der Waals surface area (Å²) in [6.07, 6.45) is 0.784. The highest BCUT2D eigenvalue weighted by Gasteiger charge is 2.46. The van der Waals surface area contributed by atoms with Crippen LogP contribution in [0.1, 0.15) is 24.1 Å². The third-order valence-electron chi connectivity index (χ3n) is 5.43. The van der Waals surface area contributed by atoms with Crippen molar-refractivity contribution in [3.63, 3.8) is 0 Å². The number of H-pyrrole nitrogens is 1. The van der Waals surface area contributed by atoms with Gasteiger partial charge < -0.3 is 30.3 Å². The first kappa shape index (κ1) is 18.9. The normalized spacial score (nSPS) is 26.7. The lowest BCUT2D eigenvalue weighted by Gasteiger charge is -2.22. The van der Waals surface area contributed by atoms with Crippen LogP contribution in [-0.2, 0) is 0 Å². The highest BCUT2D eigenvalue weighted by atomic mass is 35.5. The van der Waals surface area contributed by atoms with Gasteiger partial charge in [-0.2, -0.15) is 5.10 Å². The van der Waals surface area contributed by atoms with Gasteiger partial charge in [-0.05, 0) is 30.2 Å². The second-order valence-corrected chi connectivity index (χ2v) is 7.43. The molecule has 5 N–H and O–H groups in total. The summed E-state index contributed by atoms with van der Waals surface area (Å²) in [6.45, 7) is 0. The largest absolute Gasteiger partial charge is 0.390 e. The molecular formula is C19H22ClN5O3. The van der Waals surface area contributed by atoms with E-state index in [0.717, 1.165) is 11.0 Å². The van der Waals surface area contributed by atoms with Gasteiger partial charge in [0.15, 0.2) is 5.49 Å². The number of fused-ring (bicyclic) bond motifs is 1. The fraction of sp³-hybridized carbons (Fsp3) is 0.368. The average Bonchev–Trinajstić information content (AvgIpc) is 3.25. The summed E-state index contributed by atoms with van der Waals surface area (Å²) < 4.78 is 1.87. The number of aliphatic hydroxyl groups excluding tert-OH is 3. The minimum absolute atomic E-state index is 0.402. The van der Waals surface area contributed by atoms with Gasteiger partial charge in [0.05, 0.1) is 30.0 Å². The Kier molecular flexibility index (Phi) is 5.11. The van der Waals surface area contributed by atoms with Gasteiger partial charge >= 0.3 is 0 Å². The molecule has 1 unspecified atom stereocenters. The molecule has 1 aromatic carbocycles. The molecule has 28 heavy (non-hydrogen) atoms. The zero-order chi connectivity index (χ0) is 19.8. The standard InChI is InChI=1S/C19H22ClN5O3/c1-21-24-18-12-6-7-25(19(12)23-9-22-18)14-8-13(16(27)17(14)28)15(26)10-2-4-11(20)5-3-10/h2-7,9,13-17,21,26-28H,8H2,1H3,(H,22,23,24)/t13-,14-,15?,16-,17+/m1/s1. The molecule has 1 aliphatic rings. The van der Waals surface area contributed by atoms with Crippen molar-refractivity contribution in [2.24, 2.45) is 11.0 Å². The van der Waals surface area contributed by atoms with Gasteiger partial charge in [0.1, 0.15) is 11.8 Å². The fourth-order valence-electron chi connectivity index (χ4n) is 4.02. The summed E-state index contributed by atoms with van der Waals surface area (Å²) in [4.78, 5) is 7.29. The van der Waals surface area contributed by atoms with Crippen LogP contribution >= 0.6 is 11.6 Å². The molecule has 2 heterocycles. The van der Waals surface area contributed by atoms with Crippen molar-refractivity contribution in [1.29, 1.82) is 0 Å². The monoisotopic (exact) mass is 403 g/mol. The van der Waals surface area contributed by atoms with Crippen molar-refractivity contribution in [1.82, 2.24) is 20.0 Å². The maximum absolute atomic E-state index is 10.8. The number of rotatable bonds is 4. The van der Waals surface area contributed by atoms with E-state index in [-0.39, 0.29) is 0 Å². The summed E-state index contributed by atoms with van der Waals surface area (Å²) >= 11 is 5.91. The molecule has 0 bridgehead atoms. The number of halogens is 1. The van der Waals surface area contributed by atoms with E-state index in [1.807, 2.05) is 16.8 Å². The zero-order valence-corrected chi connectivity index (χ0v) is 16.0. The van der Waals surface area contributed by atoms with E-state index in [1.165, 1.54) is 6.33 Å². The lowest BCUT2D eigenvalue weighted by Crippen LogP contribution is -2.31. The number of aromatic nitrogens is 3. The molecule has 2 aromatic heterocycles. The van der Waals surface area contributed by atoms with Gasteiger partial charge in [-0.1, -0.05) is 23.7 Å². The number of aromatic amines is 1. The number of benzene rings is 1. The molecule has 1 fully saturated rings. The number of aliphatic hydroxyl groups is 3. The maximum atomic E-state index is 10.8. The Bertz CT molecular complexity index is 1030. The fourth-order valence-corrected chi connectivity index (χ4v) is 4.14. The number of nitrogens with one attached hydrogen (secondary N) is 2. The van der Waals surface area contributed by atoms with Crippen molar-refractivity contribution < 1.29 is 15.3 Å². The van der Waals surface area contributed by atoms with Gasteiger partial charge in [0, 0.05) is 24.2 Å². The predicted octanol–water partition coefficient (Wildman–Crippen LogP) is 1.07. The minimum Gasteiger partial charge on any atom is -0.390 e. The van der Waals surface area contributed by atoms with Crippen LogP contribution in [0.15, 0.2) is 48.0 Å². The third kappa shape index (κ3) is 3.18. The summed E-state index contributed by atoms with van der Waals surface area (Å²) in [7, 11) is 1.70. The molecule has 3 aromatic rings. The van der Waals surface area contributed by atoms with E-state index >= 15 is 0 Å². The Hall–Kier alpha value is -2.39. The van der Waals surface area contributed by atoms with Crippen LogP contribution in [0, 0.1) is 5.92 Å². The SMILES string of the molecule is CN/N=c1/nc[nH]c2c1ccn2[C@@H]1C[C@H](C(O)c2ccc(Cl)cc2)[C@@H](O)[C@H]1O. The molecule has 0 amide bonds. The third-order valence-corrected chi connectivity index (χ3v) is 5.68. The maximum Gasteiger partial charge on any atom is 0.184 e. The minimum atomic E-state index is -1.06. The Morgan fingerprint density at radius 1 is 1.25 bits per heavy atom. The topological polar surface area (TPSA) is 119 Å². The van der Waals surface area contributed by atoms with E-state index < -0.39 is 30.3 Å². The summed E-state index contributed by atoms with van der Waals surface area (Å²) in [6, 6.07) is 8.32. The average molecular weight is 404 g/mol. The van der Waals surface area contributed by atoms with Gasteiger partial charge in [-0.25, -0.2) is 4.98 Å². The molecule has 5 atom stereocenters. The molecule has 0 spiro atoms. The quantitative estimate of drug-likeness (QED) is 0.417.